The molecule has 4 nitrogen and oxygen atoms in total. The molecule has 2 amide bonds. The van der Waals surface area contributed by atoms with Crippen molar-refractivity contribution in [2.45, 2.75) is 50.7 Å². The molecule has 0 bridgehead atoms. The van der Waals surface area contributed by atoms with E-state index in [1.807, 2.05) is 64.1 Å². The minimum absolute atomic E-state index is 0.00950. The van der Waals surface area contributed by atoms with Crippen molar-refractivity contribution >= 4 is 35.0 Å². The van der Waals surface area contributed by atoms with Crippen molar-refractivity contribution in [3.63, 3.8) is 0 Å². The number of nitrogens with one attached hydrogen (secondary N) is 2. The van der Waals surface area contributed by atoms with Crippen molar-refractivity contribution < 1.29 is 9.59 Å². The zero-order valence-electron chi connectivity index (χ0n) is 15.8. The number of benzene rings is 2. The summed E-state index contributed by atoms with van der Waals surface area (Å²) in [5.74, 6) is -0.0318. The van der Waals surface area contributed by atoms with Gasteiger partial charge in [0.1, 0.15) is 0 Å². The zero-order chi connectivity index (χ0) is 19.1. The Balaban J connectivity index is 1.98. The first-order valence-electron chi connectivity index (χ1n) is 8.83. The highest BCUT2D eigenvalue weighted by Crippen LogP contribution is 2.27. The Hall–Kier alpha value is -2.27. The first-order valence-corrected chi connectivity index (χ1v) is 9.71. The molecule has 0 spiro atoms. The number of carbonyl (C=O) groups is 2. The summed E-state index contributed by atoms with van der Waals surface area (Å²) in [5.41, 5.74) is 3.82. The van der Waals surface area contributed by atoms with Crippen molar-refractivity contribution in [1.82, 2.24) is 0 Å². The van der Waals surface area contributed by atoms with E-state index in [1.54, 1.807) is 0 Å². The molecule has 5 heteroatoms. The molecule has 0 fully saturated rings. The van der Waals surface area contributed by atoms with Gasteiger partial charge in [-0.2, -0.15) is 0 Å². The number of carbonyl (C=O) groups excluding carboxylic acids is 2. The second kappa shape index (κ2) is 9.43. The maximum atomic E-state index is 12.5. The lowest BCUT2D eigenvalue weighted by atomic mass is 10.1. The van der Waals surface area contributed by atoms with E-state index in [1.165, 1.54) is 11.8 Å². The quantitative estimate of drug-likeness (QED) is 0.662. The van der Waals surface area contributed by atoms with E-state index >= 15 is 0 Å². The van der Waals surface area contributed by atoms with Crippen LogP contribution >= 0.6 is 11.8 Å². The average Bonchev–Trinajstić information content (AvgIpc) is 2.54. The van der Waals surface area contributed by atoms with Gasteiger partial charge in [-0.15, -0.1) is 11.8 Å². The van der Waals surface area contributed by atoms with Crippen molar-refractivity contribution in [3.05, 3.63) is 53.6 Å². The molecular formula is C21H26N2O2S. The zero-order valence-corrected chi connectivity index (χ0v) is 16.6. The van der Waals surface area contributed by atoms with Crippen LogP contribution in [0, 0.1) is 13.8 Å². The molecule has 1 unspecified atom stereocenters. The molecule has 26 heavy (non-hydrogen) atoms. The van der Waals surface area contributed by atoms with Gasteiger partial charge in [0.25, 0.3) is 0 Å². The molecule has 2 aromatic carbocycles. The molecule has 1 atom stereocenters. The fourth-order valence-corrected chi connectivity index (χ4v) is 3.57. The minimum Gasteiger partial charge on any atom is -0.326 e. The van der Waals surface area contributed by atoms with Crippen molar-refractivity contribution in [1.29, 1.82) is 0 Å². The smallest absolute Gasteiger partial charge is 0.237 e. The van der Waals surface area contributed by atoms with Gasteiger partial charge in [-0.25, -0.2) is 0 Å². The minimum atomic E-state index is -0.252. The standard InChI is InChI=1S/C21H26N2O2S/c1-5-7-20(24)22-17-8-6-9-19(13-17)26-16(4)21(25)23-18-11-14(2)10-15(3)12-18/h6,8-13,16H,5,7H2,1-4H3,(H,22,24)(H,23,25). The van der Waals surface area contributed by atoms with Crippen molar-refractivity contribution in [3.8, 4) is 0 Å². The van der Waals surface area contributed by atoms with E-state index in [9.17, 15) is 9.59 Å². The van der Waals surface area contributed by atoms with Crippen LogP contribution in [0.5, 0.6) is 0 Å². The molecule has 0 aliphatic heterocycles. The summed E-state index contributed by atoms with van der Waals surface area (Å²) < 4.78 is 0. The maximum Gasteiger partial charge on any atom is 0.237 e. The molecule has 0 aliphatic carbocycles. The third-order valence-corrected chi connectivity index (χ3v) is 4.86. The van der Waals surface area contributed by atoms with E-state index in [2.05, 4.69) is 16.7 Å². The van der Waals surface area contributed by atoms with Gasteiger partial charge in [0, 0.05) is 22.7 Å². The Kier molecular flexibility index (Phi) is 7.27. The predicted octanol–water partition coefficient (Wildman–Crippen LogP) is 5.16. The van der Waals surface area contributed by atoms with Crippen LogP contribution in [0.1, 0.15) is 37.8 Å². The molecule has 0 saturated heterocycles. The van der Waals surface area contributed by atoms with Crippen LogP contribution in [0.3, 0.4) is 0 Å². The van der Waals surface area contributed by atoms with E-state index < -0.39 is 0 Å². The third-order valence-electron chi connectivity index (χ3n) is 3.77. The molecular weight excluding hydrogens is 344 g/mol. The van der Waals surface area contributed by atoms with Crippen molar-refractivity contribution in [2.75, 3.05) is 10.6 Å². The second-order valence-electron chi connectivity index (χ2n) is 6.45. The Bertz CT molecular complexity index is 769. The van der Waals surface area contributed by atoms with Gasteiger partial charge in [0.05, 0.1) is 5.25 Å². The molecule has 2 rings (SSSR count). The molecule has 0 saturated carbocycles. The normalized spacial score (nSPS) is 11.7. The number of hydrogen-bond donors (Lipinski definition) is 2. The van der Waals surface area contributed by atoms with Gasteiger partial charge in [-0.3, -0.25) is 9.59 Å². The van der Waals surface area contributed by atoms with Crippen LogP contribution in [0.4, 0.5) is 11.4 Å². The molecule has 0 aromatic heterocycles. The monoisotopic (exact) mass is 370 g/mol. The SMILES string of the molecule is CCCC(=O)Nc1cccc(SC(C)C(=O)Nc2cc(C)cc(C)c2)c1. The maximum absolute atomic E-state index is 12.5. The Morgan fingerprint density at radius 2 is 1.69 bits per heavy atom. The summed E-state index contributed by atoms with van der Waals surface area (Å²) in [6.45, 7) is 7.88. The van der Waals surface area contributed by atoms with E-state index in [-0.39, 0.29) is 17.1 Å². The van der Waals surface area contributed by atoms with Gasteiger partial charge in [0.15, 0.2) is 0 Å². The Morgan fingerprint density at radius 3 is 2.35 bits per heavy atom. The summed E-state index contributed by atoms with van der Waals surface area (Å²) in [7, 11) is 0. The summed E-state index contributed by atoms with van der Waals surface area (Å²) >= 11 is 1.47. The predicted molar refractivity (Wildman–Crippen MR) is 110 cm³/mol. The van der Waals surface area contributed by atoms with Gasteiger partial charge in [0.2, 0.25) is 11.8 Å². The van der Waals surface area contributed by atoms with Crippen LogP contribution < -0.4 is 10.6 Å². The van der Waals surface area contributed by atoms with Gasteiger partial charge < -0.3 is 10.6 Å². The van der Waals surface area contributed by atoms with E-state index in [4.69, 9.17) is 0 Å². The number of amides is 2. The van der Waals surface area contributed by atoms with Crippen LogP contribution in [0.25, 0.3) is 0 Å². The first-order chi connectivity index (χ1) is 12.4. The highest BCUT2D eigenvalue weighted by Gasteiger charge is 2.15. The summed E-state index contributed by atoms with van der Waals surface area (Å²) in [6, 6.07) is 13.6. The fourth-order valence-electron chi connectivity index (χ4n) is 2.65. The Morgan fingerprint density at radius 1 is 1.00 bits per heavy atom. The highest BCUT2D eigenvalue weighted by molar-refractivity contribution is 8.00. The summed E-state index contributed by atoms with van der Waals surface area (Å²) in [5, 5.41) is 5.61. The number of rotatable bonds is 7. The van der Waals surface area contributed by atoms with Gasteiger partial charge in [-0.1, -0.05) is 19.1 Å². The second-order valence-corrected chi connectivity index (χ2v) is 7.87. The van der Waals surface area contributed by atoms with Crippen LogP contribution in [0.2, 0.25) is 0 Å². The Labute approximate surface area is 159 Å². The number of aryl methyl sites for hydroxylation is 2. The highest BCUT2D eigenvalue weighted by atomic mass is 32.2. The average molecular weight is 371 g/mol. The summed E-state index contributed by atoms with van der Waals surface area (Å²) in [6.07, 6.45) is 1.32. The molecule has 0 aliphatic rings. The third kappa shape index (κ3) is 6.23. The lowest BCUT2D eigenvalue weighted by Crippen LogP contribution is -2.22. The molecule has 2 aromatic rings. The lowest BCUT2D eigenvalue weighted by molar-refractivity contribution is -0.116. The van der Waals surface area contributed by atoms with E-state index in [0.717, 1.165) is 33.8 Å². The van der Waals surface area contributed by atoms with E-state index in [0.29, 0.717) is 6.42 Å². The topological polar surface area (TPSA) is 58.2 Å². The van der Waals surface area contributed by atoms with Gasteiger partial charge in [-0.05, 0) is 68.7 Å². The number of anilines is 2. The summed E-state index contributed by atoms with van der Waals surface area (Å²) in [4.78, 5) is 25.2. The number of thioether (sulfide) groups is 1. The molecule has 138 valence electrons. The lowest BCUT2D eigenvalue weighted by Gasteiger charge is -2.14. The van der Waals surface area contributed by atoms with Gasteiger partial charge >= 0.3 is 0 Å². The van der Waals surface area contributed by atoms with Crippen LogP contribution in [-0.4, -0.2) is 17.1 Å². The largest absolute Gasteiger partial charge is 0.326 e. The first kappa shape index (κ1) is 20.0. The number of hydrogen-bond acceptors (Lipinski definition) is 3. The van der Waals surface area contributed by atoms with Crippen LogP contribution in [-0.2, 0) is 9.59 Å². The molecule has 0 heterocycles. The van der Waals surface area contributed by atoms with Crippen molar-refractivity contribution in [2.24, 2.45) is 0 Å². The van der Waals surface area contributed by atoms with Crippen LogP contribution in [0.15, 0.2) is 47.4 Å². The molecule has 0 radical (unpaired) electrons. The fraction of sp³-hybridized carbons (Fsp3) is 0.333. The molecule has 2 N–H and O–H groups in total.